The Morgan fingerprint density at radius 3 is 2.46 bits per heavy atom. The molecule has 0 bridgehead atoms. The molecule has 5 N–H and O–H groups in total. The molecule has 3 heterocycles. The molecule has 4 rings (SSSR count). The summed E-state index contributed by atoms with van der Waals surface area (Å²) in [5.74, 6) is 0.301. The molecule has 0 radical (unpaired) electrons. The Bertz CT molecular complexity index is 1310. The van der Waals surface area contributed by atoms with Crippen LogP contribution in [0.1, 0.15) is 18.8 Å². The van der Waals surface area contributed by atoms with Crippen molar-refractivity contribution in [1.82, 2.24) is 24.5 Å². The van der Waals surface area contributed by atoms with E-state index >= 15 is 0 Å². The Morgan fingerprint density at radius 1 is 1.11 bits per heavy atom. The lowest BCUT2D eigenvalue weighted by molar-refractivity contribution is -0.146. The van der Waals surface area contributed by atoms with Gasteiger partial charge in [0, 0.05) is 26.2 Å². The first-order chi connectivity index (χ1) is 16.4. The molecular formula is C20H22Cl2F3N9O. The molecule has 3 aromatic rings. The van der Waals surface area contributed by atoms with Gasteiger partial charge in [-0.3, -0.25) is 9.69 Å². The van der Waals surface area contributed by atoms with E-state index in [1.54, 1.807) is 30.1 Å². The van der Waals surface area contributed by atoms with Gasteiger partial charge in [0.05, 0.1) is 28.5 Å². The second kappa shape index (κ2) is 9.55. The molecule has 1 fully saturated rings. The van der Waals surface area contributed by atoms with Crippen molar-refractivity contribution >= 4 is 51.7 Å². The molecule has 1 unspecified atom stereocenters. The summed E-state index contributed by atoms with van der Waals surface area (Å²) in [6.07, 6.45) is -4.30. The van der Waals surface area contributed by atoms with Crippen LogP contribution in [0.5, 0.6) is 0 Å². The Balaban J connectivity index is 1.74. The summed E-state index contributed by atoms with van der Waals surface area (Å²) >= 11 is 12.5. The largest absolute Gasteiger partial charge is 0.401 e. The van der Waals surface area contributed by atoms with Gasteiger partial charge in [-0.1, -0.05) is 29.3 Å². The van der Waals surface area contributed by atoms with Crippen LogP contribution in [-0.4, -0.2) is 63.4 Å². The maximum atomic E-state index is 13.6. The van der Waals surface area contributed by atoms with Crippen LogP contribution < -0.4 is 27.4 Å². The van der Waals surface area contributed by atoms with Crippen molar-refractivity contribution in [2.75, 3.05) is 54.5 Å². The van der Waals surface area contributed by atoms with Crippen LogP contribution in [-0.2, 0) is 0 Å². The van der Waals surface area contributed by atoms with E-state index < -0.39 is 24.3 Å². The molecule has 0 spiro atoms. The summed E-state index contributed by atoms with van der Waals surface area (Å²) in [6, 6.07) is 4.25. The maximum absolute atomic E-state index is 13.6. The number of alkyl halides is 3. The van der Waals surface area contributed by atoms with E-state index in [2.05, 4.69) is 20.3 Å². The minimum absolute atomic E-state index is 0.0229. The number of hydrogen-bond acceptors (Lipinski definition) is 9. The fraction of sp³-hybridized carbons (Fsp3) is 0.400. The Morgan fingerprint density at radius 2 is 1.80 bits per heavy atom. The van der Waals surface area contributed by atoms with Gasteiger partial charge >= 0.3 is 6.18 Å². The lowest BCUT2D eigenvalue weighted by Crippen LogP contribution is -2.56. The molecule has 0 saturated carbocycles. The molecule has 1 atom stereocenters. The summed E-state index contributed by atoms with van der Waals surface area (Å²) in [7, 11) is 0. The first-order valence-electron chi connectivity index (χ1n) is 10.5. The van der Waals surface area contributed by atoms with Crippen LogP contribution in [0.15, 0.2) is 23.0 Å². The first kappa shape index (κ1) is 25.1. The Hall–Kier alpha value is -3.03. The van der Waals surface area contributed by atoms with Crippen LogP contribution in [0.2, 0.25) is 10.0 Å². The number of aromatic nitrogens is 4. The quantitative estimate of drug-likeness (QED) is 0.454. The molecule has 15 heteroatoms. The van der Waals surface area contributed by atoms with E-state index in [0.29, 0.717) is 5.52 Å². The van der Waals surface area contributed by atoms with E-state index in [-0.39, 0.29) is 65.0 Å². The van der Waals surface area contributed by atoms with Crippen LogP contribution >= 0.6 is 23.2 Å². The third-order valence-corrected chi connectivity index (χ3v) is 6.21. The van der Waals surface area contributed by atoms with Crippen molar-refractivity contribution in [3.8, 4) is 0 Å². The molecule has 0 amide bonds. The van der Waals surface area contributed by atoms with Gasteiger partial charge in [0.25, 0.3) is 5.56 Å². The van der Waals surface area contributed by atoms with Gasteiger partial charge in [0.2, 0.25) is 5.95 Å². The zero-order valence-corrected chi connectivity index (χ0v) is 20.0. The highest BCUT2D eigenvalue weighted by atomic mass is 35.5. The number of nitrogen functional groups attached to an aromatic ring is 2. The lowest BCUT2D eigenvalue weighted by atomic mass is 10.2. The van der Waals surface area contributed by atoms with Crippen LogP contribution in [0.3, 0.4) is 0 Å². The normalized spacial score (nSPS) is 16.0. The highest BCUT2D eigenvalue weighted by Crippen LogP contribution is 2.29. The summed E-state index contributed by atoms with van der Waals surface area (Å²) in [6.45, 7) is 1.26. The highest BCUT2D eigenvalue weighted by Gasteiger charge is 2.33. The number of benzene rings is 1. The van der Waals surface area contributed by atoms with Gasteiger partial charge in [-0.15, -0.1) is 0 Å². The zero-order valence-electron chi connectivity index (χ0n) is 18.5. The smallest absolute Gasteiger partial charge is 0.382 e. The van der Waals surface area contributed by atoms with Crippen molar-refractivity contribution < 1.29 is 13.2 Å². The van der Waals surface area contributed by atoms with Gasteiger partial charge < -0.3 is 21.8 Å². The predicted molar refractivity (Wildman–Crippen MR) is 129 cm³/mol. The molecule has 2 aromatic heterocycles. The van der Waals surface area contributed by atoms with Gasteiger partial charge in [0.15, 0.2) is 11.6 Å². The van der Waals surface area contributed by atoms with Crippen LogP contribution in [0.25, 0.3) is 10.9 Å². The Kier molecular flexibility index (Phi) is 6.84. The molecule has 1 aliphatic rings. The molecule has 1 aliphatic heterocycles. The SMILES string of the molecule is CC(Nc1nc(N)nc(N)c1Cl)c1nc2cccc(Cl)c2c(=O)n1N1CCN(CC(F)(F)F)CC1. The molecule has 0 aliphatic carbocycles. The average molecular weight is 532 g/mol. The minimum Gasteiger partial charge on any atom is -0.382 e. The van der Waals surface area contributed by atoms with Crippen LogP contribution in [0.4, 0.5) is 30.8 Å². The fourth-order valence-electron chi connectivity index (χ4n) is 3.95. The monoisotopic (exact) mass is 531 g/mol. The first-order valence-corrected chi connectivity index (χ1v) is 11.3. The van der Waals surface area contributed by atoms with E-state index in [1.165, 1.54) is 9.58 Å². The number of halogens is 5. The second-order valence-electron chi connectivity index (χ2n) is 8.06. The standard InChI is InChI=1S/C20H22Cl2F3N9O/c1-10(28-16-14(22)15(26)30-19(27)31-16)17-29-12-4-2-3-11(21)13(12)18(35)34(17)33-7-5-32(6-8-33)9-20(23,24)25/h2-4,10H,5-9H2,1H3,(H5,26,27,28,30,31). The molecular weight excluding hydrogens is 510 g/mol. The number of fused-ring (bicyclic) bond motifs is 1. The van der Waals surface area contributed by atoms with E-state index in [1.807, 2.05) is 0 Å². The van der Waals surface area contributed by atoms with Gasteiger partial charge in [-0.2, -0.15) is 23.1 Å². The van der Waals surface area contributed by atoms with E-state index in [0.717, 1.165) is 0 Å². The highest BCUT2D eigenvalue weighted by molar-refractivity contribution is 6.35. The molecule has 1 saturated heterocycles. The van der Waals surface area contributed by atoms with E-state index in [4.69, 9.17) is 34.7 Å². The minimum atomic E-state index is -4.30. The Labute approximate surface area is 207 Å². The molecule has 188 valence electrons. The summed E-state index contributed by atoms with van der Waals surface area (Å²) in [5.41, 5.74) is 11.4. The lowest BCUT2D eigenvalue weighted by Gasteiger charge is -2.38. The summed E-state index contributed by atoms with van der Waals surface area (Å²) < 4.78 is 39.8. The van der Waals surface area contributed by atoms with E-state index in [9.17, 15) is 18.0 Å². The zero-order chi connectivity index (χ0) is 25.5. The second-order valence-corrected chi connectivity index (χ2v) is 8.85. The van der Waals surface area contributed by atoms with Crippen molar-refractivity contribution in [3.05, 3.63) is 44.4 Å². The average Bonchev–Trinajstić information content (AvgIpc) is 2.76. The fourth-order valence-corrected chi connectivity index (χ4v) is 4.34. The van der Waals surface area contributed by atoms with Gasteiger partial charge in [0.1, 0.15) is 10.8 Å². The van der Waals surface area contributed by atoms with Crippen molar-refractivity contribution in [3.63, 3.8) is 0 Å². The predicted octanol–water partition coefficient (Wildman–Crippen LogP) is 2.65. The van der Waals surface area contributed by atoms with Crippen molar-refractivity contribution in [2.24, 2.45) is 0 Å². The number of piperazine rings is 1. The maximum Gasteiger partial charge on any atom is 0.401 e. The number of hydrogen-bond donors (Lipinski definition) is 3. The van der Waals surface area contributed by atoms with Crippen molar-refractivity contribution in [1.29, 1.82) is 0 Å². The number of nitrogens with one attached hydrogen (secondary N) is 1. The van der Waals surface area contributed by atoms with Gasteiger partial charge in [-0.05, 0) is 19.1 Å². The third kappa shape index (κ3) is 5.31. The number of anilines is 3. The number of rotatable bonds is 5. The molecule has 35 heavy (non-hydrogen) atoms. The topological polar surface area (TPSA) is 131 Å². The summed E-state index contributed by atoms with van der Waals surface area (Å²) in [4.78, 5) is 27.4. The number of nitrogens with zero attached hydrogens (tertiary/aromatic N) is 6. The van der Waals surface area contributed by atoms with Gasteiger partial charge in [-0.25, -0.2) is 9.66 Å². The third-order valence-electron chi connectivity index (χ3n) is 5.52. The summed E-state index contributed by atoms with van der Waals surface area (Å²) in [5, 5.41) is 5.17. The molecule has 10 nitrogen and oxygen atoms in total. The molecule has 1 aromatic carbocycles. The number of nitrogens with two attached hydrogens (primary N) is 2. The van der Waals surface area contributed by atoms with Crippen LogP contribution in [0, 0.1) is 0 Å². The van der Waals surface area contributed by atoms with Crippen molar-refractivity contribution in [2.45, 2.75) is 19.1 Å².